The summed E-state index contributed by atoms with van der Waals surface area (Å²) in [5, 5.41) is 11.9. The van der Waals surface area contributed by atoms with Crippen molar-refractivity contribution in [3.63, 3.8) is 0 Å². The van der Waals surface area contributed by atoms with Gasteiger partial charge in [-0.3, -0.25) is 4.98 Å². The molecular weight excluding hydrogens is 286 g/mol. The van der Waals surface area contributed by atoms with Crippen molar-refractivity contribution in [1.29, 1.82) is 0 Å². The summed E-state index contributed by atoms with van der Waals surface area (Å²) in [6.45, 7) is 0. The number of aliphatic hydroxyl groups is 1. The van der Waals surface area contributed by atoms with Gasteiger partial charge in [-0.2, -0.15) is 0 Å². The molecule has 1 aliphatic heterocycles. The molecule has 1 saturated carbocycles. The third-order valence-electron chi connectivity index (χ3n) is 3.71. The summed E-state index contributed by atoms with van der Waals surface area (Å²) in [6, 6.07) is 7.74. The Morgan fingerprint density at radius 1 is 1.38 bits per heavy atom. The number of amidine groups is 1. The lowest BCUT2D eigenvalue weighted by Gasteiger charge is -2.32. The van der Waals surface area contributed by atoms with Gasteiger partial charge in [0.15, 0.2) is 10.9 Å². The van der Waals surface area contributed by atoms with E-state index < -0.39 is 5.72 Å². The molecule has 1 atom stereocenters. The molecule has 0 radical (unpaired) electrons. The van der Waals surface area contributed by atoms with Crippen LogP contribution in [0.1, 0.15) is 18.6 Å². The molecule has 2 fully saturated rings. The number of pyridine rings is 1. The Kier molecular flexibility index (Phi) is 3.01. The quantitative estimate of drug-likeness (QED) is 0.944. The average Bonchev–Trinajstić information content (AvgIpc) is 3.05. The maximum atomic E-state index is 11.1. The predicted molar refractivity (Wildman–Crippen MR) is 81.3 cm³/mol. The second-order valence-corrected chi connectivity index (χ2v) is 6.23. The fourth-order valence-electron chi connectivity index (χ4n) is 2.57. The largest absolute Gasteiger partial charge is 0.464 e. The summed E-state index contributed by atoms with van der Waals surface area (Å²) < 4.78 is 5.45. The molecule has 1 saturated heterocycles. The van der Waals surface area contributed by atoms with E-state index in [4.69, 9.17) is 4.42 Å². The van der Waals surface area contributed by atoms with Crippen molar-refractivity contribution in [1.82, 2.24) is 9.88 Å². The molecule has 6 heteroatoms. The van der Waals surface area contributed by atoms with Crippen LogP contribution in [0.5, 0.6) is 0 Å². The van der Waals surface area contributed by atoms with Crippen molar-refractivity contribution in [2.75, 3.05) is 5.75 Å². The van der Waals surface area contributed by atoms with E-state index in [-0.39, 0.29) is 0 Å². The smallest absolute Gasteiger partial charge is 0.209 e. The molecule has 0 aromatic carbocycles. The van der Waals surface area contributed by atoms with E-state index in [9.17, 15) is 5.11 Å². The molecule has 4 rings (SSSR count). The molecule has 2 aromatic heterocycles. The molecule has 108 valence electrons. The van der Waals surface area contributed by atoms with Crippen LogP contribution < -0.4 is 0 Å². The van der Waals surface area contributed by atoms with Crippen LogP contribution in [0.15, 0.2) is 52.3 Å². The number of thioether (sulfide) groups is 1. The van der Waals surface area contributed by atoms with Crippen LogP contribution in [0, 0.1) is 0 Å². The lowest BCUT2D eigenvalue weighted by atomic mass is 10.1. The molecule has 0 spiro atoms. The zero-order valence-corrected chi connectivity index (χ0v) is 12.2. The highest BCUT2D eigenvalue weighted by Crippen LogP contribution is 2.46. The van der Waals surface area contributed by atoms with Crippen LogP contribution in [0.2, 0.25) is 0 Å². The first-order chi connectivity index (χ1) is 10.3. The SMILES string of the molecule is OC1(c2ccco2)CSC(=Nc2cccnc2)N1C1CC1. The lowest BCUT2D eigenvalue weighted by molar-refractivity contribution is -0.0688. The van der Waals surface area contributed by atoms with Crippen LogP contribution in [0.25, 0.3) is 0 Å². The van der Waals surface area contributed by atoms with E-state index in [0.717, 1.165) is 23.7 Å². The molecule has 2 aliphatic rings. The average molecular weight is 301 g/mol. The highest BCUT2D eigenvalue weighted by Gasteiger charge is 2.52. The van der Waals surface area contributed by atoms with Gasteiger partial charge in [-0.25, -0.2) is 4.99 Å². The maximum Gasteiger partial charge on any atom is 0.209 e. The number of hydrogen-bond acceptors (Lipinski definition) is 5. The molecule has 1 aliphatic carbocycles. The highest BCUT2D eigenvalue weighted by molar-refractivity contribution is 8.14. The third-order valence-corrected chi connectivity index (χ3v) is 4.80. The molecule has 0 bridgehead atoms. The molecular formula is C15H15N3O2S. The fraction of sp³-hybridized carbons (Fsp3) is 0.333. The summed E-state index contributed by atoms with van der Waals surface area (Å²) in [5.41, 5.74) is -0.300. The van der Waals surface area contributed by atoms with Gasteiger partial charge in [0.05, 0.1) is 23.9 Å². The summed E-state index contributed by atoms with van der Waals surface area (Å²) in [5.74, 6) is 1.11. The minimum absolute atomic E-state index is 0.338. The zero-order valence-electron chi connectivity index (χ0n) is 11.3. The van der Waals surface area contributed by atoms with Gasteiger partial charge in [0.2, 0.25) is 5.72 Å². The van der Waals surface area contributed by atoms with Gasteiger partial charge in [0.1, 0.15) is 0 Å². The minimum Gasteiger partial charge on any atom is -0.464 e. The van der Waals surface area contributed by atoms with Crippen LogP contribution in [0.4, 0.5) is 5.69 Å². The monoisotopic (exact) mass is 301 g/mol. The second-order valence-electron chi connectivity index (χ2n) is 5.29. The summed E-state index contributed by atoms with van der Waals surface area (Å²) >= 11 is 1.56. The predicted octanol–water partition coefficient (Wildman–Crippen LogP) is 2.72. The highest BCUT2D eigenvalue weighted by atomic mass is 32.2. The van der Waals surface area contributed by atoms with Crippen molar-refractivity contribution in [2.45, 2.75) is 24.6 Å². The topological polar surface area (TPSA) is 61.9 Å². The number of hydrogen-bond donors (Lipinski definition) is 1. The van der Waals surface area contributed by atoms with E-state index in [0.29, 0.717) is 17.6 Å². The Morgan fingerprint density at radius 2 is 2.29 bits per heavy atom. The Morgan fingerprint density at radius 3 is 2.95 bits per heavy atom. The first-order valence-corrected chi connectivity index (χ1v) is 7.93. The molecule has 1 N–H and O–H groups in total. The minimum atomic E-state index is -1.10. The Labute approximate surface area is 126 Å². The van der Waals surface area contributed by atoms with Crippen molar-refractivity contribution >= 4 is 22.6 Å². The van der Waals surface area contributed by atoms with Crippen LogP contribution in [0.3, 0.4) is 0 Å². The van der Waals surface area contributed by atoms with Crippen molar-refractivity contribution in [3.8, 4) is 0 Å². The van der Waals surface area contributed by atoms with E-state index in [1.165, 1.54) is 0 Å². The molecule has 21 heavy (non-hydrogen) atoms. The standard InChI is InChI=1S/C15H15N3O2S/c19-15(13-4-2-8-20-13)10-21-14(18(15)12-5-6-12)17-11-3-1-7-16-9-11/h1-4,7-9,12,19H,5-6,10H2. The summed E-state index contributed by atoms with van der Waals surface area (Å²) in [6.07, 6.45) is 7.21. The van der Waals surface area contributed by atoms with Crippen LogP contribution >= 0.6 is 11.8 Å². The Balaban J connectivity index is 1.72. The first kappa shape index (κ1) is 12.9. The van der Waals surface area contributed by atoms with Crippen LogP contribution in [-0.2, 0) is 5.72 Å². The fourth-order valence-corrected chi connectivity index (χ4v) is 3.79. The summed E-state index contributed by atoms with van der Waals surface area (Å²) in [4.78, 5) is 10.7. The first-order valence-electron chi connectivity index (χ1n) is 6.94. The number of aromatic nitrogens is 1. The van der Waals surface area contributed by atoms with E-state index in [1.54, 1.807) is 36.5 Å². The third kappa shape index (κ3) is 2.24. The molecule has 2 aromatic rings. The second kappa shape index (κ2) is 4.89. The van der Waals surface area contributed by atoms with E-state index >= 15 is 0 Å². The van der Waals surface area contributed by atoms with Gasteiger partial charge in [0, 0.05) is 12.2 Å². The van der Waals surface area contributed by atoms with E-state index in [2.05, 4.69) is 9.98 Å². The lowest BCUT2D eigenvalue weighted by Crippen LogP contribution is -2.46. The number of aliphatic imine (C=N–C) groups is 1. The number of rotatable bonds is 3. The number of nitrogens with zero attached hydrogens (tertiary/aromatic N) is 3. The number of furan rings is 1. The van der Waals surface area contributed by atoms with Crippen molar-refractivity contribution in [2.24, 2.45) is 4.99 Å². The summed E-state index contributed by atoms with van der Waals surface area (Å²) in [7, 11) is 0. The van der Waals surface area contributed by atoms with Gasteiger partial charge >= 0.3 is 0 Å². The van der Waals surface area contributed by atoms with Gasteiger partial charge in [0.25, 0.3) is 0 Å². The van der Waals surface area contributed by atoms with Gasteiger partial charge in [-0.05, 0) is 37.1 Å². The van der Waals surface area contributed by atoms with Crippen molar-refractivity contribution < 1.29 is 9.52 Å². The zero-order chi connectivity index (χ0) is 14.3. The molecule has 0 amide bonds. The molecule has 5 nitrogen and oxygen atoms in total. The van der Waals surface area contributed by atoms with Crippen molar-refractivity contribution in [3.05, 3.63) is 48.7 Å². The normalized spacial score (nSPS) is 27.5. The Hall–Kier alpha value is -1.79. The maximum absolute atomic E-state index is 11.1. The van der Waals surface area contributed by atoms with Gasteiger partial charge in [-0.1, -0.05) is 11.8 Å². The van der Waals surface area contributed by atoms with Gasteiger partial charge in [-0.15, -0.1) is 0 Å². The Bertz CT molecular complexity index is 655. The molecule has 1 unspecified atom stereocenters. The van der Waals surface area contributed by atoms with E-state index in [1.807, 2.05) is 23.1 Å². The van der Waals surface area contributed by atoms with Gasteiger partial charge < -0.3 is 14.4 Å². The molecule has 3 heterocycles. The van der Waals surface area contributed by atoms with Crippen LogP contribution in [-0.4, -0.2) is 32.0 Å².